The molecule has 0 radical (unpaired) electrons. The minimum absolute atomic E-state index is 0.217. The SMILES string of the molecule is CC(=O)OC[C@H]1O[C@H](OCCCCCCCCC=CCCCCCCCC(=O)O)[C@H](O)[C@@H](O)[C@@H]1O. The van der Waals surface area contributed by atoms with Crippen LogP contribution in [0.4, 0.5) is 0 Å². The maximum atomic E-state index is 11.0. The van der Waals surface area contributed by atoms with Crippen LogP contribution in [-0.4, -0.2) is 76.3 Å². The van der Waals surface area contributed by atoms with Crippen LogP contribution in [0, 0.1) is 0 Å². The number of hydrogen-bond donors (Lipinski definition) is 4. The van der Waals surface area contributed by atoms with E-state index < -0.39 is 42.6 Å². The molecule has 0 aromatic carbocycles. The molecule has 1 aliphatic rings. The molecule has 1 fully saturated rings. The monoisotopic (exact) mass is 502 g/mol. The Morgan fingerprint density at radius 2 is 1.31 bits per heavy atom. The topological polar surface area (TPSA) is 143 Å². The lowest BCUT2D eigenvalue weighted by Crippen LogP contribution is -2.59. The van der Waals surface area contributed by atoms with Gasteiger partial charge < -0.3 is 34.6 Å². The number of aliphatic hydroxyl groups excluding tert-OH is 3. The Hall–Kier alpha value is -1.52. The van der Waals surface area contributed by atoms with Crippen LogP contribution in [0.2, 0.25) is 0 Å². The van der Waals surface area contributed by atoms with Gasteiger partial charge in [-0.3, -0.25) is 9.59 Å². The number of ether oxygens (including phenoxy) is 3. The number of carboxylic acid groups (broad SMARTS) is 1. The Morgan fingerprint density at radius 1 is 0.771 bits per heavy atom. The summed E-state index contributed by atoms with van der Waals surface area (Å²) in [5.41, 5.74) is 0. The van der Waals surface area contributed by atoms with Gasteiger partial charge in [0, 0.05) is 20.0 Å². The van der Waals surface area contributed by atoms with E-state index in [4.69, 9.17) is 19.3 Å². The Labute approximate surface area is 209 Å². The Bertz CT molecular complexity index is 595. The van der Waals surface area contributed by atoms with Gasteiger partial charge in [0.05, 0.1) is 0 Å². The fourth-order valence-electron chi connectivity index (χ4n) is 3.97. The Kier molecular flexibility index (Phi) is 17.7. The molecule has 0 aromatic rings. The van der Waals surface area contributed by atoms with E-state index in [-0.39, 0.29) is 13.0 Å². The van der Waals surface area contributed by atoms with Gasteiger partial charge in [0.2, 0.25) is 0 Å². The molecular weight excluding hydrogens is 456 g/mol. The number of carbonyl (C=O) groups is 2. The summed E-state index contributed by atoms with van der Waals surface area (Å²) in [7, 11) is 0. The molecule has 0 saturated carbocycles. The van der Waals surface area contributed by atoms with E-state index in [1.807, 2.05) is 0 Å². The quantitative estimate of drug-likeness (QED) is 0.112. The van der Waals surface area contributed by atoms with Crippen LogP contribution in [0.5, 0.6) is 0 Å². The van der Waals surface area contributed by atoms with Crippen LogP contribution in [0.1, 0.15) is 96.8 Å². The van der Waals surface area contributed by atoms with Crippen LogP contribution in [0.15, 0.2) is 12.2 Å². The number of unbranched alkanes of at least 4 members (excludes halogenated alkanes) is 11. The van der Waals surface area contributed by atoms with Crippen LogP contribution in [0.25, 0.3) is 0 Å². The minimum atomic E-state index is -1.43. The summed E-state index contributed by atoms with van der Waals surface area (Å²) in [5.74, 6) is -1.22. The van der Waals surface area contributed by atoms with E-state index in [9.17, 15) is 24.9 Å². The number of aliphatic carboxylic acids is 1. The summed E-state index contributed by atoms with van der Waals surface area (Å²) in [4.78, 5) is 21.4. The van der Waals surface area contributed by atoms with Crippen LogP contribution in [-0.2, 0) is 23.8 Å². The summed E-state index contributed by atoms with van der Waals surface area (Å²) < 4.78 is 15.9. The van der Waals surface area contributed by atoms with Gasteiger partial charge in [0.25, 0.3) is 0 Å². The molecule has 0 aliphatic carbocycles. The molecule has 9 nitrogen and oxygen atoms in total. The summed E-state index contributed by atoms with van der Waals surface area (Å²) in [6, 6.07) is 0. The van der Waals surface area contributed by atoms with E-state index in [1.165, 1.54) is 26.2 Å². The first-order chi connectivity index (χ1) is 16.8. The van der Waals surface area contributed by atoms with Gasteiger partial charge in [-0.25, -0.2) is 0 Å². The van der Waals surface area contributed by atoms with Gasteiger partial charge in [0.15, 0.2) is 6.29 Å². The highest BCUT2D eigenvalue weighted by atomic mass is 16.7. The van der Waals surface area contributed by atoms with Crippen molar-refractivity contribution >= 4 is 11.9 Å². The average Bonchev–Trinajstić information content (AvgIpc) is 2.82. The fourth-order valence-corrected chi connectivity index (χ4v) is 3.97. The van der Waals surface area contributed by atoms with Crippen molar-refractivity contribution in [3.05, 3.63) is 12.2 Å². The highest BCUT2D eigenvalue weighted by Gasteiger charge is 2.44. The lowest BCUT2D eigenvalue weighted by atomic mass is 9.99. The molecule has 0 amide bonds. The van der Waals surface area contributed by atoms with Gasteiger partial charge in [0.1, 0.15) is 31.0 Å². The second-order valence-electron chi connectivity index (χ2n) is 9.27. The van der Waals surface area contributed by atoms with Crippen molar-refractivity contribution in [1.82, 2.24) is 0 Å². The maximum Gasteiger partial charge on any atom is 0.303 e. The number of carboxylic acids is 1. The maximum absolute atomic E-state index is 11.0. The highest BCUT2D eigenvalue weighted by molar-refractivity contribution is 5.66. The zero-order chi connectivity index (χ0) is 25.9. The predicted octanol–water partition coefficient (Wildman–Crippen LogP) is 3.48. The summed E-state index contributed by atoms with van der Waals surface area (Å²) >= 11 is 0. The zero-order valence-corrected chi connectivity index (χ0v) is 21.2. The molecule has 0 spiro atoms. The van der Waals surface area contributed by atoms with Crippen LogP contribution in [0.3, 0.4) is 0 Å². The molecule has 1 heterocycles. The molecule has 5 atom stereocenters. The summed E-state index contributed by atoms with van der Waals surface area (Å²) in [5, 5.41) is 38.6. The van der Waals surface area contributed by atoms with E-state index in [2.05, 4.69) is 12.2 Å². The number of hydrogen-bond acceptors (Lipinski definition) is 8. The molecule has 1 aliphatic heterocycles. The van der Waals surface area contributed by atoms with Crippen molar-refractivity contribution < 1.29 is 44.2 Å². The summed E-state index contributed by atoms with van der Waals surface area (Å²) in [6.45, 7) is 1.39. The second kappa shape index (κ2) is 19.6. The van der Waals surface area contributed by atoms with Crippen molar-refractivity contribution in [1.29, 1.82) is 0 Å². The molecular formula is C26H46O9. The molecule has 1 saturated heterocycles. The largest absolute Gasteiger partial charge is 0.481 e. The molecule has 0 unspecified atom stereocenters. The van der Waals surface area contributed by atoms with E-state index in [0.717, 1.165) is 64.2 Å². The number of rotatable bonds is 20. The van der Waals surface area contributed by atoms with Gasteiger partial charge in [-0.1, -0.05) is 57.1 Å². The van der Waals surface area contributed by atoms with Gasteiger partial charge in [-0.2, -0.15) is 0 Å². The number of esters is 1. The van der Waals surface area contributed by atoms with Crippen LogP contribution >= 0.6 is 0 Å². The predicted molar refractivity (Wildman–Crippen MR) is 131 cm³/mol. The first-order valence-electron chi connectivity index (χ1n) is 13.1. The van der Waals surface area contributed by atoms with Crippen LogP contribution < -0.4 is 0 Å². The first kappa shape index (κ1) is 31.5. The molecule has 1 rings (SSSR count). The van der Waals surface area contributed by atoms with Gasteiger partial charge >= 0.3 is 11.9 Å². The molecule has 35 heavy (non-hydrogen) atoms. The Morgan fingerprint density at radius 3 is 1.89 bits per heavy atom. The van der Waals surface area contributed by atoms with E-state index in [0.29, 0.717) is 6.61 Å². The number of aliphatic hydroxyl groups is 3. The van der Waals surface area contributed by atoms with E-state index >= 15 is 0 Å². The standard InChI is InChI=1S/C26H46O9/c1-20(27)34-19-21-23(30)24(31)25(32)26(35-21)33-18-16-14-12-10-8-6-4-2-3-5-7-9-11-13-15-17-22(28)29/h2-3,21,23-26,30-32H,4-19H2,1H3,(H,28,29)/t21-,23-,24+,25-,26+/m1/s1. The van der Waals surface area contributed by atoms with Crippen molar-refractivity contribution in [2.45, 2.75) is 128 Å². The normalized spacial score (nSPS) is 24.6. The third-order valence-corrected chi connectivity index (χ3v) is 6.09. The molecule has 0 bridgehead atoms. The zero-order valence-electron chi connectivity index (χ0n) is 21.2. The number of allylic oxidation sites excluding steroid dienone is 2. The Balaban J connectivity index is 1.97. The first-order valence-corrected chi connectivity index (χ1v) is 13.1. The minimum Gasteiger partial charge on any atom is -0.481 e. The van der Waals surface area contributed by atoms with Crippen molar-refractivity contribution in [3.63, 3.8) is 0 Å². The lowest BCUT2D eigenvalue weighted by Gasteiger charge is -2.39. The highest BCUT2D eigenvalue weighted by Crippen LogP contribution is 2.23. The summed E-state index contributed by atoms with van der Waals surface area (Å²) in [6.07, 6.45) is 12.4. The molecule has 204 valence electrons. The molecule has 0 aromatic heterocycles. The average molecular weight is 503 g/mol. The second-order valence-corrected chi connectivity index (χ2v) is 9.27. The van der Waals surface area contributed by atoms with Crippen molar-refractivity contribution in [2.24, 2.45) is 0 Å². The molecule has 4 N–H and O–H groups in total. The smallest absolute Gasteiger partial charge is 0.303 e. The van der Waals surface area contributed by atoms with Gasteiger partial charge in [-0.15, -0.1) is 0 Å². The van der Waals surface area contributed by atoms with E-state index in [1.54, 1.807) is 0 Å². The third kappa shape index (κ3) is 15.3. The fraction of sp³-hybridized carbons (Fsp3) is 0.846. The lowest BCUT2D eigenvalue weighted by molar-refractivity contribution is -0.301. The molecule has 9 heteroatoms. The van der Waals surface area contributed by atoms with Crippen molar-refractivity contribution in [3.8, 4) is 0 Å². The van der Waals surface area contributed by atoms with Crippen molar-refractivity contribution in [2.75, 3.05) is 13.2 Å². The van der Waals surface area contributed by atoms with Gasteiger partial charge in [-0.05, 0) is 38.5 Å². The number of carbonyl (C=O) groups excluding carboxylic acids is 1. The third-order valence-electron chi connectivity index (χ3n) is 6.09.